The van der Waals surface area contributed by atoms with E-state index in [-0.39, 0.29) is 17.4 Å². The van der Waals surface area contributed by atoms with Crippen molar-refractivity contribution < 1.29 is 8.78 Å². The molecule has 0 aromatic carbocycles. The molecule has 4 rings (SSSR count). The number of nitrogens with zero attached hydrogens (tertiary/aromatic N) is 6. The van der Waals surface area contributed by atoms with Crippen molar-refractivity contribution in [3.63, 3.8) is 0 Å². The van der Waals surface area contributed by atoms with E-state index in [4.69, 9.17) is 11.6 Å². The molecular formula is C16H15ClF2N6. The van der Waals surface area contributed by atoms with Gasteiger partial charge in [0.2, 0.25) is 0 Å². The summed E-state index contributed by atoms with van der Waals surface area (Å²) in [7, 11) is 0. The third-order valence-corrected chi connectivity index (χ3v) is 4.62. The predicted molar refractivity (Wildman–Crippen MR) is 89.2 cm³/mol. The van der Waals surface area contributed by atoms with E-state index in [2.05, 4.69) is 25.0 Å². The van der Waals surface area contributed by atoms with Crippen LogP contribution in [0.2, 0.25) is 5.02 Å². The topological polar surface area (TPSA) is 59.2 Å². The number of hydrogen-bond acceptors (Lipinski definition) is 5. The average Bonchev–Trinajstić information content (AvgIpc) is 3.10. The van der Waals surface area contributed by atoms with Gasteiger partial charge in [-0.2, -0.15) is 10.1 Å². The minimum absolute atomic E-state index is 0.0379. The number of halogens is 3. The van der Waals surface area contributed by atoms with Gasteiger partial charge in [0, 0.05) is 25.2 Å². The summed E-state index contributed by atoms with van der Waals surface area (Å²) in [5, 5.41) is 4.73. The van der Waals surface area contributed by atoms with Gasteiger partial charge in [-0.15, -0.1) is 0 Å². The highest BCUT2D eigenvalue weighted by Gasteiger charge is 2.26. The molecule has 1 fully saturated rings. The molecule has 0 saturated carbocycles. The van der Waals surface area contributed by atoms with Crippen LogP contribution in [0.1, 0.15) is 36.6 Å². The first-order valence-electron chi connectivity index (χ1n) is 7.97. The summed E-state index contributed by atoms with van der Waals surface area (Å²) < 4.78 is 27.9. The van der Waals surface area contributed by atoms with E-state index in [1.807, 2.05) is 6.07 Å². The summed E-state index contributed by atoms with van der Waals surface area (Å²) in [5.74, 6) is 1.07. The number of rotatable bonds is 3. The Hall–Kier alpha value is -2.35. The van der Waals surface area contributed by atoms with Crippen molar-refractivity contribution in [1.29, 1.82) is 0 Å². The monoisotopic (exact) mass is 364 g/mol. The Labute approximate surface area is 147 Å². The third-order valence-electron chi connectivity index (χ3n) is 4.40. The summed E-state index contributed by atoms with van der Waals surface area (Å²) in [6.07, 6.45) is 2.11. The fraction of sp³-hybridized carbons (Fsp3) is 0.375. The zero-order valence-electron chi connectivity index (χ0n) is 13.2. The van der Waals surface area contributed by atoms with Crippen LogP contribution in [0.15, 0.2) is 30.7 Å². The molecule has 0 unspecified atom stereocenters. The maximum absolute atomic E-state index is 13.2. The van der Waals surface area contributed by atoms with Gasteiger partial charge in [0.15, 0.2) is 0 Å². The van der Waals surface area contributed by atoms with Crippen LogP contribution in [-0.4, -0.2) is 37.7 Å². The molecule has 3 aromatic rings. The molecule has 0 aliphatic carbocycles. The van der Waals surface area contributed by atoms with Crippen molar-refractivity contribution in [1.82, 2.24) is 24.6 Å². The number of alkyl halides is 2. The van der Waals surface area contributed by atoms with Gasteiger partial charge in [-0.25, -0.2) is 23.3 Å². The summed E-state index contributed by atoms with van der Waals surface area (Å²) in [4.78, 5) is 14.3. The number of piperidine rings is 1. The third kappa shape index (κ3) is 3.13. The van der Waals surface area contributed by atoms with Gasteiger partial charge in [-0.3, -0.25) is 0 Å². The summed E-state index contributed by atoms with van der Waals surface area (Å²) in [5.41, 5.74) is 0.439. The van der Waals surface area contributed by atoms with Crippen LogP contribution in [0.3, 0.4) is 0 Å². The van der Waals surface area contributed by atoms with E-state index in [9.17, 15) is 8.78 Å². The van der Waals surface area contributed by atoms with Crippen LogP contribution in [0, 0.1) is 0 Å². The van der Waals surface area contributed by atoms with Gasteiger partial charge >= 0.3 is 0 Å². The molecule has 6 nitrogen and oxygen atoms in total. The fourth-order valence-electron chi connectivity index (χ4n) is 3.24. The van der Waals surface area contributed by atoms with Gasteiger partial charge < -0.3 is 4.90 Å². The molecule has 130 valence electrons. The molecule has 4 heterocycles. The molecule has 1 aliphatic rings. The lowest BCUT2D eigenvalue weighted by atomic mass is 9.94. The van der Waals surface area contributed by atoms with Crippen LogP contribution in [-0.2, 0) is 0 Å². The Morgan fingerprint density at radius 1 is 1.24 bits per heavy atom. The quantitative estimate of drug-likeness (QED) is 0.712. The van der Waals surface area contributed by atoms with Crippen LogP contribution in [0.5, 0.6) is 0 Å². The molecule has 25 heavy (non-hydrogen) atoms. The summed E-state index contributed by atoms with van der Waals surface area (Å²) in [6, 6.07) is 5.10. The maximum Gasteiger partial charge on any atom is 0.280 e. The molecule has 0 amide bonds. The SMILES string of the molecule is FC(F)c1cc([C@H]2CCCN(c3ccc(Cl)cn3)C2)n2ncnc2n1. The lowest BCUT2D eigenvalue weighted by Gasteiger charge is -2.33. The molecule has 1 saturated heterocycles. The average molecular weight is 365 g/mol. The Bertz CT molecular complexity index is 882. The van der Waals surface area contributed by atoms with Crippen molar-refractivity contribution in [3.8, 4) is 0 Å². The van der Waals surface area contributed by atoms with Crippen molar-refractivity contribution in [3.05, 3.63) is 47.1 Å². The van der Waals surface area contributed by atoms with E-state index in [0.717, 1.165) is 25.2 Å². The zero-order chi connectivity index (χ0) is 17.4. The molecule has 9 heteroatoms. The van der Waals surface area contributed by atoms with Crippen LogP contribution in [0.4, 0.5) is 14.6 Å². The molecule has 3 aromatic heterocycles. The molecule has 1 atom stereocenters. The highest BCUT2D eigenvalue weighted by atomic mass is 35.5. The normalized spacial score (nSPS) is 18.2. The second-order valence-electron chi connectivity index (χ2n) is 6.00. The van der Waals surface area contributed by atoms with Gasteiger partial charge in [0.1, 0.15) is 17.8 Å². The van der Waals surface area contributed by atoms with E-state index in [1.54, 1.807) is 16.8 Å². The first kappa shape index (κ1) is 16.1. The van der Waals surface area contributed by atoms with Crippen molar-refractivity contribution >= 4 is 23.2 Å². The van der Waals surface area contributed by atoms with Crippen LogP contribution < -0.4 is 4.90 Å². The van der Waals surface area contributed by atoms with Crippen LogP contribution in [0.25, 0.3) is 5.78 Å². The lowest BCUT2D eigenvalue weighted by Crippen LogP contribution is -2.35. The van der Waals surface area contributed by atoms with Gasteiger partial charge in [0.05, 0.1) is 10.7 Å². The number of hydrogen-bond donors (Lipinski definition) is 0. The number of anilines is 1. The number of aromatic nitrogens is 5. The highest BCUT2D eigenvalue weighted by molar-refractivity contribution is 6.30. The Kier molecular flexibility index (Phi) is 4.20. The first-order valence-corrected chi connectivity index (χ1v) is 8.35. The number of fused-ring (bicyclic) bond motifs is 1. The smallest absolute Gasteiger partial charge is 0.280 e. The summed E-state index contributed by atoms with van der Waals surface area (Å²) >= 11 is 5.90. The second-order valence-corrected chi connectivity index (χ2v) is 6.43. The van der Waals surface area contributed by atoms with Gasteiger partial charge in [-0.05, 0) is 31.0 Å². The van der Waals surface area contributed by atoms with E-state index < -0.39 is 6.43 Å². The molecular weight excluding hydrogens is 350 g/mol. The minimum atomic E-state index is -2.64. The van der Waals surface area contributed by atoms with Gasteiger partial charge in [0.25, 0.3) is 12.2 Å². The highest BCUT2D eigenvalue weighted by Crippen LogP contribution is 2.31. The Morgan fingerprint density at radius 3 is 2.88 bits per heavy atom. The minimum Gasteiger partial charge on any atom is -0.356 e. The van der Waals surface area contributed by atoms with Crippen molar-refractivity contribution in [2.75, 3.05) is 18.0 Å². The van der Waals surface area contributed by atoms with Crippen molar-refractivity contribution in [2.45, 2.75) is 25.2 Å². The molecule has 0 spiro atoms. The summed E-state index contributed by atoms with van der Waals surface area (Å²) in [6.45, 7) is 1.52. The molecule has 0 radical (unpaired) electrons. The lowest BCUT2D eigenvalue weighted by molar-refractivity contribution is 0.146. The molecule has 1 aliphatic heterocycles. The van der Waals surface area contributed by atoms with E-state index >= 15 is 0 Å². The van der Waals surface area contributed by atoms with E-state index in [0.29, 0.717) is 17.3 Å². The second kappa shape index (κ2) is 6.51. The standard InChI is InChI=1S/C16H15ClF2N6/c17-11-3-4-14(20-7-11)24-5-1-2-10(8-24)13-6-12(15(18)19)23-16-21-9-22-25(13)16/h3-4,6-7,9-10,15H,1-2,5,8H2/t10-/m0/s1. The molecule has 0 N–H and O–H groups in total. The number of pyridine rings is 1. The predicted octanol–water partition coefficient (Wildman–Crippen LogP) is 3.49. The largest absolute Gasteiger partial charge is 0.356 e. The van der Waals surface area contributed by atoms with Gasteiger partial charge in [-0.1, -0.05) is 11.6 Å². The maximum atomic E-state index is 13.2. The van der Waals surface area contributed by atoms with E-state index in [1.165, 1.54) is 12.4 Å². The Morgan fingerprint density at radius 2 is 2.12 bits per heavy atom. The first-order chi connectivity index (χ1) is 12.1. The van der Waals surface area contributed by atoms with Crippen LogP contribution >= 0.6 is 11.6 Å². The fourth-order valence-corrected chi connectivity index (χ4v) is 3.35. The Balaban J connectivity index is 1.68. The van der Waals surface area contributed by atoms with Crippen molar-refractivity contribution in [2.24, 2.45) is 0 Å². The molecule has 0 bridgehead atoms. The zero-order valence-corrected chi connectivity index (χ0v) is 13.9.